The van der Waals surface area contributed by atoms with E-state index in [2.05, 4.69) is 51.1 Å². The number of hydrogen-bond donors (Lipinski definition) is 3. The first-order valence-corrected chi connectivity index (χ1v) is 11.1. The molecule has 0 fully saturated rings. The van der Waals surface area contributed by atoms with E-state index in [4.69, 9.17) is 4.98 Å². The molecule has 0 radical (unpaired) electrons. The van der Waals surface area contributed by atoms with Crippen LogP contribution in [0.3, 0.4) is 0 Å². The molecule has 1 atom stereocenters. The Hall–Kier alpha value is -4.19. The highest BCUT2D eigenvalue weighted by Crippen LogP contribution is 2.38. The summed E-state index contributed by atoms with van der Waals surface area (Å²) in [5.74, 6) is 0. The van der Waals surface area contributed by atoms with Crippen molar-refractivity contribution in [1.82, 2.24) is 30.5 Å². The smallest absolute Gasteiger partial charge is 0.135 e. The van der Waals surface area contributed by atoms with E-state index in [0.29, 0.717) is 0 Å². The van der Waals surface area contributed by atoms with Crippen molar-refractivity contribution < 1.29 is 0 Å². The molecule has 3 N–H and O–H groups in total. The Balaban J connectivity index is 1.66. The lowest BCUT2D eigenvalue weighted by atomic mass is 9.92. The molecule has 164 valence electrons. The average molecular weight is 435 g/mol. The minimum absolute atomic E-state index is 0.0334. The van der Waals surface area contributed by atoms with Gasteiger partial charge in [0.2, 0.25) is 0 Å². The minimum atomic E-state index is 0.0334. The van der Waals surface area contributed by atoms with E-state index in [1.54, 1.807) is 12.3 Å². The molecule has 1 unspecified atom stereocenters. The zero-order valence-electron chi connectivity index (χ0n) is 18.8. The molecule has 1 aliphatic heterocycles. The summed E-state index contributed by atoms with van der Waals surface area (Å²) < 4.78 is 0. The average Bonchev–Trinajstić information content (AvgIpc) is 3.45. The SMILES string of the molecule is C=C/C=C\C(=C/C)c1ccc2[nH]nc(-c3[nH]c4c(c3CC)C(c3cccnc3)NC=C4)c2n1. The predicted octanol–water partition coefficient (Wildman–Crippen LogP) is 5.72. The van der Waals surface area contributed by atoms with Crippen LogP contribution < -0.4 is 5.32 Å². The molecular formula is C27H26N6. The van der Waals surface area contributed by atoms with Crippen LogP contribution in [0.25, 0.3) is 34.1 Å². The Bertz CT molecular complexity index is 1400. The van der Waals surface area contributed by atoms with E-state index in [-0.39, 0.29) is 6.04 Å². The van der Waals surface area contributed by atoms with Crippen molar-refractivity contribution in [3.8, 4) is 11.4 Å². The van der Waals surface area contributed by atoms with Crippen molar-refractivity contribution in [3.05, 3.63) is 102 Å². The van der Waals surface area contributed by atoms with Gasteiger partial charge in [0.05, 0.1) is 22.9 Å². The fourth-order valence-electron chi connectivity index (χ4n) is 4.46. The summed E-state index contributed by atoms with van der Waals surface area (Å²) in [5.41, 5.74) is 10.2. The highest BCUT2D eigenvalue weighted by Gasteiger charge is 2.28. The van der Waals surface area contributed by atoms with E-state index in [1.807, 2.05) is 55.7 Å². The normalized spacial score (nSPS) is 15.7. The quantitative estimate of drug-likeness (QED) is 0.339. The summed E-state index contributed by atoms with van der Waals surface area (Å²) >= 11 is 0. The molecular weight excluding hydrogens is 408 g/mol. The summed E-state index contributed by atoms with van der Waals surface area (Å²) in [6.45, 7) is 7.96. The van der Waals surface area contributed by atoms with Crippen LogP contribution in [0, 0.1) is 0 Å². The van der Waals surface area contributed by atoms with E-state index < -0.39 is 0 Å². The Kier molecular flexibility index (Phi) is 5.48. The second-order valence-electron chi connectivity index (χ2n) is 7.88. The van der Waals surface area contributed by atoms with Gasteiger partial charge in [-0.1, -0.05) is 43.9 Å². The molecule has 33 heavy (non-hydrogen) atoms. The molecule has 0 spiro atoms. The molecule has 6 heteroatoms. The molecule has 1 aliphatic rings. The number of allylic oxidation sites excluding steroid dienone is 5. The monoisotopic (exact) mass is 434 g/mol. The van der Waals surface area contributed by atoms with Gasteiger partial charge in [-0.2, -0.15) is 5.10 Å². The lowest BCUT2D eigenvalue weighted by Gasteiger charge is -2.22. The fraction of sp³-hybridized carbons (Fsp3) is 0.148. The molecule has 4 aromatic heterocycles. The number of nitrogens with one attached hydrogen (secondary N) is 3. The van der Waals surface area contributed by atoms with E-state index in [9.17, 15) is 0 Å². The highest BCUT2D eigenvalue weighted by atomic mass is 15.1. The second kappa shape index (κ2) is 8.74. The van der Waals surface area contributed by atoms with Gasteiger partial charge in [0, 0.05) is 23.7 Å². The summed E-state index contributed by atoms with van der Waals surface area (Å²) in [6.07, 6.45) is 16.4. The molecule has 0 saturated heterocycles. The van der Waals surface area contributed by atoms with Crippen LogP contribution in [0.15, 0.2) is 73.7 Å². The third kappa shape index (κ3) is 3.59. The molecule has 0 amide bonds. The third-order valence-electron chi connectivity index (χ3n) is 6.01. The number of hydrogen-bond acceptors (Lipinski definition) is 4. The Morgan fingerprint density at radius 3 is 2.91 bits per heavy atom. The standard InChI is InChI=1S/C27H26N6/c1-4-7-9-17(5-2)20-11-12-22-26(30-20)27(33-32-22)25-19(6-3)23-21(31-25)13-15-29-24(23)18-10-8-14-28-16-18/h4-5,7-16,24,29,31H,1,6H2,2-3H3,(H,32,33)/b9-7-,17-5+. The van der Waals surface area contributed by atoms with Crippen LogP contribution in [0.2, 0.25) is 0 Å². The van der Waals surface area contributed by atoms with Gasteiger partial charge < -0.3 is 10.3 Å². The van der Waals surface area contributed by atoms with Gasteiger partial charge in [0.15, 0.2) is 0 Å². The van der Waals surface area contributed by atoms with Crippen molar-refractivity contribution in [1.29, 1.82) is 0 Å². The van der Waals surface area contributed by atoms with Crippen LogP contribution in [-0.4, -0.2) is 25.1 Å². The molecule has 0 saturated carbocycles. The number of rotatable bonds is 6. The molecule has 0 aliphatic carbocycles. The topological polar surface area (TPSA) is 82.3 Å². The van der Waals surface area contributed by atoms with Gasteiger partial charge in [-0.25, -0.2) is 4.98 Å². The maximum atomic E-state index is 4.98. The molecule has 0 aromatic carbocycles. The first-order valence-electron chi connectivity index (χ1n) is 11.1. The Morgan fingerprint density at radius 2 is 2.15 bits per heavy atom. The number of nitrogens with zero attached hydrogens (tertiary/aromatic N) is 3. The first-order chi connectivity index (χ1) is 16.2. The van der Waals surface area contributed by atoms with Gasteiger partial charge in [0.1, 0.15) is 11.2 Å². The zero-order chi connectivity index (χ0) is 22.8. The van der Waals surface area contributed by atoms with Gasteiger partial charge in [-0.15, -0.1) is 0 Å². The minimum Gasteiger partial charge on any atom is -0.380 e. The van der Waals surface area contributed by atoms with E-state index in [0.717, 1.165) is 51.4 Å². The summed E-state index contributed by atoms with van der Waals surface area (Å²) in [5, 5.41) is 11.3. The van der Waals surface area contributed by atoms with Crippen LogP contribution in [0.1, 0.15) is 48.0 Å². The summed E-state index contributed by atoms with van der Waals surface area (Å²) in [4.78, 5) is 12.9. The lowest BCUT2D eigenvalue weighted by molar-refractivity contribution is 0.710. The Morgan fingerprint density at radius 1 is 1.24 bits per heavy atom. The maximum absolute atomic E-state index is 4.98. The zero-order valence-corrected chi connectivity index (χ0v) is 18.8. The largest absolute Gasteiger partial charge is 0.380 e. The number of H-pyrrole nitrogens is 2. The second-order valence-corrected chi connectivity index (χ2v) is 7.88. The predicted molar refractivity (Wildman–Crippen MR) is 134 cm³/mol. The lowest BCUT2D eigenvalue weighted by Crippen LogP contribution is -2.21. The van der Waals surface area contributed by atoms with Crippen LogP contribution >= 0.6 is 0 Å². The summed E-state index contributed by atoms with van der Waals surface area (Å²) in [7, 11) is 0. The van der Waals surface area contributed by atoms with Gasteiger partial charge in [0.25, 0.3) is 0 Å². The maximum Gasteiger partial charge on any atom is 0.135 e. The molecule has 5 heterocycles. The van der Waals surface area contributed by atoms with Crippen molar-refractivity contribution >= 4 is 22.7 Å². The number of pyridine rings is 2. The van der Waals surface area contributed by atoms with Crippen molar-refractivity contribution in [3.63, 3.8) is 0 Å². The van der Waals surface area contributed by atoms with Gasteiger partial charge in [-0.3, -0.25) is 10.1 Å². The number of fused-ring (bicyclic) bond motifs is 2. The number of aromatic nitrogens is 5. The molecule has 5 rings (SSSR count). The van der Waals surface area contributed by atoms with Crippen LogP contribution in [0.4, 0.5) is 0 Å². The van der Waals surface area contributed by atoms with Gasteiger partial charge >= 0.3 is 0 Å². The van der Waals surface area contributed by atoms with Gasteiger partial charge in [-0.05, 0) is 60.5 Å². The number of aromatic amines is 2. The van der Waals surface area contributed by atoms with Crippen LogP contribution in [-0.2, 0) is 6.42 Å². The molecule has 4 aromatic rings. The van der Waals surface area contributed by atoms with Crippen molar-refractivity contribution in [2.24, 2.45) is 0 Å². The van der Waals surface area contributed by atoms with E-state index >= 15 is 0 Å². The highest BCUT2D eigenvalue weighted by molar-refractivity contribution is 5.92. The van der Waals surface area contributed by atoms with Crippen molar-refractivity contribution in [2.45, 2.75) is 26.3 Å². The molecule has 6 nitrogen and oxygen atoms in total. The van der Waals surface area contributed by atoms with E-state index in [1.165, 1.54) is 11.1 Å². The molecule has 0 bridgehead atoms. The third-order valence-corrected chi connectivity index (χ3v) is 6.01. The Labute approximate surface area is 192 Å². The summed E-state index contributed by atoms with van der Waals surface area (Å²) in [6, 6.07) is 8.16. The van der Waals surface area contributed by atoms with Crippen LogP contribution in [0.5, 0.6) is 0 Å². The first kappa shape index (κ1) is 20.7. The van der Waals surface area contributed by atoms with Crippen molar-refractivity contribution in [2.75, 3.05) is 0 Å². The fourth-order valence-corrected chi connectivity index (χ4v) is 4.46.